The Morgan fingerprint density at radius 2 is 2.00 bits per heavy atom. The summed E-state index contributed by atoms with van der Waals surface area (Å²) in [6.07, 6.45) is 0.315. The van der Waals surface area contributed by atoms with Gasteiger partial charge in [-0.3, -0.25) is 9.59 Å². The van der Waals surface area contributed by atoms with Gasteiger partial charge in [-0.05, 0) is 31.0 Å². The molecule has 20 heavy (non-hydrogen) atoms. The third kappa shape index (κ3) is 4.55. The van der Waals surface area contributed by atoms with E-state index in [0.717, 1.165) is 5.56 Å². The SMILES string of the molecule is CCOC(=O)C(N)Cc1ccc(OC(C)=O)c(OC)c1. The molecule has 2 N–H and O–H groups in total. The van der Waals surface area contributed by atoms with E-state index in [-0.39, 0.29) is 0 Å². The summed E-state index contributed by atoms with van der Waals surface area (Å²) in [7, 11) is 1.47. The molecule has 6 nitrogen and oxygen atoms in total. The lowest BCUT2D eigenvalue weighted by Crippen LogP contribution is -2.34. The predicted octanol–water partition coefficient (Wildman–Crippen LogP) is 1.05. The molecule has 0 aliphatic heterocycles. The van der Waals surface area contributed by atoms with Crippen LogP contribution in [0.15, 0.2) is 18.2 Å². The molecule has 0 aliphatic carbocycles. The van der Waals surface area contributed by atoms with Crippen molar-refractivity contribution in [1.82, 2.24) is 0 Å². The van der Waals surface area contributed by atoms with Crippen LogP contribution in [0.4, 0.5) is 0 Å². The molecule has 0 saturated heterocycles. The maximum Gasteiger partial charge on any atom is 0.323 e. The molecule has 1 unspecified atom stereocenters. The van der Waals surface area contributed by atoms with Gasteiger partial charge in [0.25, 0.3) is 0 Å². The first kappa shape index (κ1) is 16.0. The van der Waals surface area contributed by atoms with Crippen LogP contribution >= 0.6 is 0 Å². The molecule has 1 atom stereocenters. The highest BCUT2D eigenvalue weighted by atomic mass is 16.6. The molecule has 0 aliphatic rings. The first-order valence-electron chi connectivity index (χ1n) is 6.25. The summed E-state index contributed by atoms with van der Waals surface area (Å²) in [6.45, 7) is 3.33. The Balaban J connectivity index is 2.82. The lowest BCUT2D eigenvalue weighted by molar-refractivity contribution is -0.144. The van der Waals surface area contributed by atoms with Crippen molar-refractivity contribution < 1.29 is 23.8 Å². The molecule has 0 saturated carbocycles. The van der Waals surface area contributed by atoms with Crippen LogP contribution in [0.25, 0.3) is 0 Å². The topological polar surface area (TPSA) is 87.9 Å². The normalized spacial score (nSPS) is 11.6. The van der Waals surface area contributed by atoms with Gasteiger partial charge in [-0.15, -0.1) is 0 Å². The second-order valence-electron chi connectivity index (χ2n) is 4.14. The molecular formula is C14H19NO5. The molecule has 0 bridgehead atoms. The Morgan fingerprint density at radius 3 is 2.55 bits per heavy atom. The van der Waals surface area contributed by atoms with Crippen LogP contribution in [-0.2, 0) is 20.7 Å². The Labute approximate surface area is 117 Å². The number of methoxy groups -OCH3 is 1. The predicted molar refractivity (Wildman–Crippen MR) is 72.6 cm³/mol. The fourth-order valence-corrected chi connectivity index (χ4v) is 1.66. The van der Waals surface area contributed by atoms with Crippen LogP contribution < -0.4 is 15.2 Å². The fourth-order valence-electron chi connectivity index (χ4n) is 1.66. The van der Waals surface area contributed by atoms with Crippen molar-refractivity contribution in [1.29, 1.82) is 0 Å². The number of hydrogen-bond donors (Lipinski definition) is 1. The number of rotatable bonds is 6. The summed E-state index contributed by atoms with van der Waals surface area (Å²) < 4.78 is 15.0. The molecular weight excluding hydrogens is 262 g/mol. The van der Waals surface area contributed by atoms with E-state index in [0.29, 0.717) is 24.5 Å². The summed E-state index contributed by atoms with van der Waals surface area (Å²) in [5, 5.41) is 0. The van der Waals surface area contributed by atoms with Crippen molar-refractivity contribution in [2.45, 2.75) is 26.3 Å². The van der Waals surface area contributed by atoms with Crippen molar-refractivity contribution >= 4 is 11.9 Å². The van der Waals surface area contributed by atoms with E-state index >= 15 is 0 Å². The summed E-state index contributed by atoms with van der Waals surface area (Å²) in [5.74, 6) is -0.142. The molecule has 1 aromatic carbocycles. The second-order valence-corrected chi connectivity index (χ2v) is 4.14. The number of carbonyl (C=O) groups is 2. The van der Waals surface area contributed by atoms with E-state index in [1.165, 1.54) is 14.0 Å². The Bertz CT molecular complexity index is 486. The molecule has 1 rings (SSSR count). The minimum absolute atomic E-state index is 0.293. The number of esters is 2. The van der Waals surface area contributed by atoms with Crippen molar-refractivity contribution in [3.05, 3.63) is 23.8 Å². The van der Waals surface area contributed by atoms with Gasteiger partial charge in [-0.25, -0.2) is 0 Å². The summed E-state index contributed by atoms with van der Waals surface area (Å²) in [4.78, 5) is 22.4. The van der Waals surface area contributed by atoms with Crippen molar-refractivity contribution in [3.8, 4) is 11.5 Å². The molecule has 1 aromatic rings. The van der Waals surface area contributed by atoms with Gasteiger partial charge in [0.05, 0.1) is 13.7 Å². The minimum atomic E-state index is -0.737. The van der Waals surface area contributed by atoms with Crippen molar-refractivity contribution in [2.75, 3.05) is 13.7 Å². The van der Waals surface area contributed by atoms with E-state index in [1.54, 1.807) is 25.1 Å². The number of ether oxygens (including phenoxy) is 3. The van der Waals surface area contributed by atoms with E-state index in [1.807, 2.05) is 0 Å². The van der Waals surface area contributed by atoms with Crippen LogP contribution in [-0.4, -0.2) is 31.7 Å². The molecule has 0 aromatic heterocycles. The van der Waals surface area contributed by atoms with Crippen LogP contribution in [0.1, 0.15) is 19.4 Å². The molecule has 6 heteroatoms. The maximum absolute atomic E-state index is 11.5. The first-order valence-corrected chi connectivity index (χ1v) is 6.25. The quantitative estimate of drug-likeness (QED) is 0.619. The molecule has 110 valence electrons. The number of hydrogen-bond acceptors (Lipinski definition) is 6. The van der Waals surface area contributed by atoms with Gasteiger partial charge in [0.15, 0.2) is 11.5 Å². The zero-order valence-corrected chi connectivity index (χ0v) is 11.8. The Morgan fingerprint density at radius 1 is 1.30 bits per heavy atom. The smallest absolute Gasteiger partial charge is 0.323 e. The minimum Gasteiger partial charge on any atom is -0.493 e. The maximum atomic E-state index is 11.5. The Kier molecular flexibility index (Phi) is 5.99. The number of nitrogens with two attached hydrogens (primary N) is 1. The van der Waals surface area contributed by atoms with Gasteiger partial charge >= 0.3 is 11.9 Å². The number of benzene rings is 1. The van der Waals surface area contributed by atoms with Gasteiger partial charge in [0.2, 0.25) is 0 Å². The molecule has 0 radical (unpaired) electrons. The standard InChI is InChI=1S/C14H19NO5/c1-4-19-14(17)11(15)7-10-5-6-12(20-9(2)16)13(8-10)18-3/h5-6,8,11H,4,7,15H2,1-3H3. The highest BCUT2D eigenvalue weighted by Gasteiger charge is 2.16. The summed E-state index contributed by atoms with van der Waals surface area (Å²) >= 11 is 0. The van der Waals surface area contributed by atoms with Crippen LogP contribution in [0, 0.1) is 0 Å². The third-order valence-electron chi connectivity index (χ3n) is 2.53. The van der Waals surface area contributed by atoms with Gasteiger partial charge in [-0.2, -0.15) is 0 Å². The van der Waals surface area contributed by atoms with Gasteiger partial charge < -0.3 is 19.9 Å². The molecule has 0 amide bonds. The lowest BCUT2D eigenvalue weighted by Gasteiger charge is -2.13. The van der Waals surface area contributed by atoms with Crippen LogP contribution in [0.2, 0.25) is 0 Å². The Hall–Kier alpha value is -2.08. The highest BCUT2D eigenvalue weighted by Crippen LogP contribution is 2.28. The average Bonchev–Trinajstić information content (AvgIpc) is 2.40. The summed E-state index contributed by atoms with van der Waals surface area (Å²) in [5.41, 5.74) is 6.54. The van der Waals surface area contributed by atoms with Crippen molar-refractivity contribution in [2.24, 2.45) is 5.73 Å². The first-order chi connectivity index (χ1) is 9.47. The number of carbonyl (C=O) groups excluding carboxylic acids is 2. The van der Waals surface area contributed by atoms with Gasteiger partial charge in [0, 0.05) is 6.92 Å². The average molecular weight is 281 g/mol. The highest BCUT2D eigenvalue weighted by molar-refractivity contribution is 5.76. The molecule has 0 spiro atoms. The van der Waals surface area contributed by atoms with Gasteiger partial charge in [-0.1, -0.05) is 6.07 Å². The van der Waals surface area contributed by atoms with E-state index in [9.17, 15) is 9.59 Å². The zero-order valence-electron chi connectivity index (χ0n) is 11.8. The van der Waals surface area contributed by atoms with E-state index in [2.05, 4.69) is 0 Å². The zero-order chi connectivity index (χ0) is 15.1. The third-order valence-corrected chi connectivity index (χ3v) is 2.53. The van der Waals surface area contributed by atoms with Gasteiger partial charge in [0.1, 0.15) is 6.04 Å². The monoisotopic (exact) mass is 281 g/mol. The fraction of sp³-hybridized carbons (Fsp3) is 0.429. The largest absolute Gasteiger partial charge is 0.493 e. The summed E-state index contributed by atoms with van der Waals surface area (Å²) in [6, 6.07) is 4.27. The molecule has 0 heterocycles. The van der Waals surface area contributed by atoms with Crippen LogP contribution in [0.5, 0.6) is 11.5 Å². The second kappa shape index (κ2) is 7.49. The van der Waals surface area contributed by atoms with E-state index < -0.39 is 18.0 Å². The van der Waals surface area contributed by atoms with E-state index in [4.69, 9.17) is 19.9 Å². The van der Waals surface area contributed by atoms with Crippen LogP contribution in [0.3, 0.4) is 0 Å². The lowest BCUT2D eigenvalue weighted by atomic mass is 10.1. The molecule has 0 fully saturated rings. The van der Waals surface area contributed by atoms with Crippen molar-refractivity contribution in [3.63, 3.8) is 0 Å².